The highest BCUT2D eigenvalue weighted by Gasteiger charge is 2.52. The number of methoxy groups -OCH3 is 1. The molecule has 10 atom stereocenters. The van der Waals surface area contributed by atoms with Gasteiger partial charge in [0.1, 0.15) is 42.4 Å². The minimum Gasteiger partial charge on any atom is -0.770 e. The van der Waals surface area contributed by atoms with Gasteiger partial charge in [0.05, 0.1) is 12.9 Å². The normalized spacial score (nSPS) is 38.7. The lowest BCUT2D eigenvalue weighted by molar-refractivity contribution is -0.236. The number of imidazole rings is 1. The number of nitrogens with two attached hydrogens (primary N) is 1. The third kappa shape index (κ3) is 5.83. The van der Waals surface area contributed by atoms with Crippen molar-refractivity contribution in [3.8, 4) is 0 Å². The first kappa shape index (κ1) is 30.5. The molecule has 3 aliphatic heterocycles. The number of phosphoric acid groups is 1. The van der Waals surface area contributed by atoms with Crippen molar-refractivity contribution >= 4 is 43.0 Å². The fourth-order valence-electron chi connectivity index (χ4n) is 5.00. The largest absolute Gasteiger partial charge is 0.770 e. The highest BCUT2D eigenvalue weighted by molar-refractivity contribution is 8.54. The van der Waals surface area contributed by atoms with E-state index in [1.165, 1.54) is 18.0 Å². The van der Waals surface area contributed by atoms with Crippen LogP contribution >= 0.6 is 26.0 Å². The number of halogens is 1. The summed E-state index contributed by atoms with van der Waals surface area (Å²) in [5, 5.41) is 0. The van der Waals surface area contributed by atoms with Crippen LogP contribution in [-0.2, 0) is 36.9 Å². The molecule has 3 aliphatic rings. The van der Waals surface area contributed by atoms with Gasteiger partial charge in [-0.25, -0.2) is 24.1 Å². The Bertz CT molecular complexity index is 1740. The number of ether oxygens (including phenoxy) is 3. The van der Waals surface area contributed by atoms with Crippen LogP contribution in [-0.4, -0.2) is 85.2 Å². The van der Waals surface area contributed by atoms with Crippen LogP contribution in [0.4, 0.5) is 10.2 Å². The number of aromatic nitrogens is 6. The molecule has 234 valence electrons. The van der Waals surface area contributed by atoms with E-state index < -0.39 is 87.4 Å². The minimum atomic E-state index is -5.34. The highest BCUT2D eigenvalue weighted by atomic mass is 32.7. The van der Waals surface area contributed by atoms with Crippen LogP contribution in [0.15, 0.2) is 34.5 Å². The van der Waals surface area contributed by atoms with Gasteiger partial charge in [-0.05, 0) is 0 Å². The number of hydrogen-bond donors (Lipinski definition) is 2. The number of phosphoric ester groups is 1. The van der Waals surface area contributed by atoms with E-state index in [-0.39, 0.29) is 28.4 Å². The van der Waals surface area contributed by atoms with Gasteiger partial charge >= 0.3 is 5.69 Å². The SMILES string of the molecule is CO[C@H]1[C@H]2OP(=O)([O-])SC[C@H]3O[C@@H](n4cnc5c(N)ncnc54)[C@H](OP(=O)([O-])OC[C@H]1O[C@H]2n1ccc(=O)[nH]c1=O)[C@@H]3F. The van der Waals surface area contributed by atoms with Crippen molar-refractivity contribution in [2.45, 2.75) is 49.1 Å². The second-order valence-electron chi connectivity index (χ2n) is 9.50. The highest BCUT2D eigenvalue weighted by Crippen LogP contribution is 2.57. The maximum atomic E-state index is 15.7. The number of anilines is 1. The quantitative estimate of drug-likeness (QED) is 0.304. The molecule has 0 spiro atoms. The summed E-state index contributed by atoms with van der Waals surface area (Å²) in [5.41, 5.74) is 4.31. The third-order valence-corrected chi connectivity index (χ3v) is 10.8. The Morgan fingerprint density at radius 3 is 2.60 bits per heavy atom. The van der Waals surface area contributed by atoms with Gasteiger partial charge in [0.25, 0.3) is 13.4 Å². The van der Waals surface area contributed by atoms with Crippen LogP contribution in [0.5, 0.6) is 0 Å². The molecule has 19 nitrogen and oxygen atoms in total. The van der Waals surface area contributed by atoms with E-state index in [1.54, 1.807) is 0 Å². The summed E-state index contributed by atoms with van der Waals surface area (Å²) in [7, 11) is -4.16. The Kier molecular flexibility index (Phi) is 8.10. The maximum absolute atomic E-state index is 15.7. The second-order valence-corrected chi connectivity index (χ2v) is 14.7. The molecule has 3 fully saturated rings. The summed E-state index contributed by atoms with van der Waals surface area (Å²) < 4.78 is 76.4. The first-order valence-corrected chi connectivity index (χ1v) is 17.0. The molecule has 43 heavy (non-hydrogen) atoms. The summed E-state index contributed by atoms with van der Waals surface area (Å²) in [5.74, 6) is -0.585. The Balaban J connectivity index is 1.35. The standard InChI is InChI=1S/C20H24FN7O12P2S/c1-35-13-8-4-36-41(31,32)39-14-11(21)9(38-18(14)28-7-25-12-16(22)23-6-24-17(12)28)5-43-42(33,34)40-15(13)19(37-8)27-3-2-10(29)26-20(27)30/h2-3,6-9,11,13-15,18-19H,4-5H2,1H3,(H,31,32)(H,33,34)(H2,22,23,24)(H,26,29,30)/p-2/t8-,9-,11-,13-,14-,15-,18-,19-/m1/s1. The second kappa shape index (κ2) is 11.4. The number of rotatable bonds is 3. The molecule has 2 unspecified atom stereocenters. The van der Waals surface area contributed by atoms with Crippen LogP contribution in [0.3, 0.4) is 0 Å². The lowest BCUT2D eigenvalue weighted by atomic mass is 10.1. The molecule has 0 amide bonds. The topological polar surface area (TPSA) is 260 Å². The predicted octanol–water partition coefficient (Wildman–Crippen LogP) is -1.42. The van der Waals surface area contributed by atoms with Gasteiger partial charge in [0, 0.05) is 25.1 Å². The molecule has 6 rings (SSSR count). The van der Waals surface area contributed by atoms with Gasteiger partial charge in [-0.1, -0.05) is 11.4 Å². The van der Waals surface area contributed by atoms with E-state index in [9.17, 15) is 28.5 Å². The van der Waals surface area contributed by atoms with E-state index in [1.807, 2.05) is 4.98 Å². The first-order valence-electron chi connectivity index (χ1n) is 12.4. The molecule has 23 heteroatoms. The number of H-pyrrole nitrogens is 1. The number of alkyl halides is 1. The molecule has 6 heterocycles. The average Bonchev–Trinajstić information content (AvgIpc) is 3.60. The minimum absolute atomic E-state index is 0.00559. The molecule has 0 aromatic carbocycles. The summed E-state index contributed by atoms with van der Waals surface area (Å²) in [6.07, 6.45) is -9.51. The van der Waals surface area contributed by atoms with Crippen molar-refractivity contribution in [2.24, 2.45) is 0 Å². The van der Waals surface area contributed by atoms with E-state index in [4.69, 9.17) is 33.5 Å². The summed E-state index contributed by atoms with van der Waals surface area (Å²) in [6, 6.07) is 0.983. The van der Waals surface area contributed by atoms with Crippen molar-refractivity contribution in [3.63, 3.8) is 0 Å². The van der Waals surface area contributed by atoms with Crippen LogP contribution in [0.1, 0.15) is 12.5 Å². The molecular formula is C20H22FN7O12P2S-2. The molecule has 3 N–H and O–H groups in total. The lowest BCUT2D eigenvalue weighted by Crippen LogP contribution is -2.40. The van der Waals surface area contributed by atoms with Gasteiger partial charge in [-0.2, -0.15) is 0 Å². The molecular weight excluding hydrogens is 643 g/mol. The van der Waals surface area contributed by atoms with Crippen LogP contribution < -0.4 is 26.8 Å². The van der Waals surface area contributed by atoms with Crippen molar-refractivity contribution in [3.05, 3.63) is 45.8 Å². The lowest BCUT2D eigenvalue weighted by Gasteiger charge is -2.32. The van der Waals surface area contributed by atoms with Crippen LogP contribution in [0, 0.1) is 0 Å². The summed E-state index contributed by atoms with van der Waals surface area (Å²) in [6.45, 7) is -5.75. The molecule has 0 radical (unpaired) electrons. The Hall–Kier alpha value is -2.55. The number of nitrogens with zero attached hydrogens (tertiary/aromatic N) is 5. The molecule has 3 saturated heterocycles. The fraction of sp³-hybridized carbons (Fsp3) is 0.550. The number of fused-ring (bicyclic) bond motifs is 5. The predicted molar refractivity (Wildman–Crippen MR) is 138 cm³/mol. The van der Waals surface area contributed by atoms with Crippen LogP contribution in [0.25, 0.3) is 11.2 Å². The van der Waals surface area contributed by atoms with E-state index in [0.717, 1.165) is 23.2 Å². The Morgan fingerprint density at radius 2 is 1.86 bits per heavy atom. The summed E-state index contributed by atoms with van der Waals surface area (Å²) >= 11 is 0.180. The Labute approximate surface area is 243 Å². The zero-order valence-electron chi connectivity index (χ0n) is 21.7. The number of nitrogen functional groups attached to an aromatic ring is 1. The number of aromatic amines is 1. The van der Waals surface area contributed by atoms with E-state index in [2.05, 4.69) is 15.0 Å². The molecule has 3 aromatic rings. The Morgan fingerprint density at radius 1 is 1.12 bits per heavy atom. The molecule has 3 aromatic heterocycles. The van der Waals surface area contributed by atoms with Crippen molar-refractivity contribution < 1.29 is 51.1 Å². The van der Waals surface area contributed by atoms with Crippen molar-refractivity contribution in [1.29, 1.82) is 0 Å². The van der Waals surface area contributed by atoms with Crippen molar-refractivity contribution in [1.82, 2.24) is 29.1 Å². The van der Waals surface area contributed by atoms with E-state index in [0.29, 0.717) is 0 Å². The summed E-state index contributed by atoms with van der Waals surface area (Å²) in [4.78, 5) is 64.1. The zero-order valence-corrected chi connectivity index (χ0v) is 24.3. The van der Waals surface area contributed by atoms with E-state index >= 15 is 4.39 Å². The fourth-order valence-corrected chi connectivity index (χ4v) is 8.55. The third-order valence-electron chi connectivity index (χ3n) is 6.90. The van der Waals surface area contributed by atoms with Crippen LogP contribution in [0.2, 0.25) is 0 Å². The molecule has 0 aliphatic carbocycles. The maximum Gasteiger partial charge on any atom is 0.330 e. The first-order chi connectivity index (χ1) is 20.4. The number of nitrogens with one attached hydrogen (secondary N) is 1. The molecule has 0 saturated carbocycles. The van der Waals surface area contributed by atoms with Gasteiger partial charge in [0.15, 0.2) is 36.9 Å². The molecule has 4 bridgehead atoms. The number of hydrogen-bond acceptors (Lipinski definition) is 17. The van der Waals surface area contributed by atoms with Gasteiger partial charge < -0.3 is 43.3 Å². The van der Waals surface area contributed by atoms with Crippen molar-refractivity contribution in [2.75, 3.05) is 25.2 Å². The smallest absolute Gasteiger partial charge is 0.330 e. The monoisotopic (exact) mass is 665 g/mol. The average molecular weight is 665 g/mol. The van der Waals surface area contributed by atoms with Gasteiger partial charge in [-0.3, -0.25) is 28.0 Å². The zero-order chi connectivity index (χ0) is 30.7. The van der Waals surface area contributed by atoms with Gasteiger partial charge in [0.2, 0.25) is 0 Å². The van der Waals surface area contributed by atoms with Gasteiger partial charge in [-0.15, -0.1) is 0 Å².